The number of hydrogen-bond donors (Lipinski definition) is 1. The molecule has 0 fully saturated rings. The zero-order valence-corrected chi connectivity index (χ0v) is 10.3. The van der Waals surface area contributed by atoms with Crippen LogP contribution < -0.4 is 5.73 Å². The lowest BCUT2D eigenvalue weighted by Gasteiger charge is -2.14. The molecular formula is C12H9BrF2N2. The lowest BCUT2D eigenvalue weighted by molar-refractivity contribution is 0.589. The molecule has 0 saturated heterocycles. The van der Waals surface area contributed by atoms with Crippen molar-refractivity contribution in [1.82, 2.24) is 4.98 Å². The maximum Gasteiger partial charge on any atom is 0.146 e. The maximum atomic E-state index is 13.5. The second-order valence-corrected chi connectivity index (χ2v) is 4.40. The largest absolute Gasteiger partial charge is 0.320 e. The first kappa shape index (κ1) is 12.1. The Morgan fingerprint density at radius 3 is 2.65 bits per heavy atom. The molecule has 1 atom stereocenters. The summed E-state index contributed by atoms with van der Waals surface area (Å²) in [6.07, 6.45) is 2.54. The monoisotopic (exact) mass is 298 g/mol. The predicted molar refractivity (Wildman–Crippen MR) is 64.3 cm³/mol. The predicted octanol–water partition coefficient (Wildman–Crippen LogP) is 3.17. The van der Waals surface area contributed by atoms with E-state index in [1.54, 1.807) is 6.07 Å². The first-order valence-corrected chi connectivity index (χ1v) is 5.69. The van der Waals surface area contributed by atoms with E-state index in [-0.39, 0.29) is 5.56 Å². The zero-order valence-electron chi connectivity index (χ0n) is 8.70. The summed E-state index contributed by atoms with van der Waals surface area (Å²) in [4.78, 5) is 3.64. The lowest BCUT2D eigenvalue weighted by atomic mass is 10.0. The molecule has 0 aliphatic heterocycles. The minimum atomic E-state index is -0.733. The van der Waals surface area contributed by atoms with Crippen LogP contribution in [0, 0.1) is 11.6 Å². The zero-order chi connectivity index (χ0) is 12.4. The number of nitrogens with zero attached hydrogens (tertiary/aromatic N) is 1. The van der Waals surface area contributed by atoms with Crippen LogP contribution in [-0.4, -0.2) is 4.98 Å². The average molecular weight is 299 g/mol. The number of rotatable bonds is 2. The summed E-state index contributed by atoms with van der Waals surface area (Å²) in [5.74, 6) is -0.913. The molecule has 0 aliphatic carbocycles. The van der Waals surface area contributed by atoms with Gasteiger partial charge in [-0.15, -0.1) is 0 Å². The SMILES string of the molecule is NC(c1ccncc1F)c1cc(F)ccc1Br. The van der Waals surface area contributed by atoms with E-state index in [1.807, 2.05) is 0 Å². The van der Waals surface area contributed by atoms with Crippen LogP contribution in [0.3, 0.4) is 0 Å². The van der Waals surface area contributed by atoms with E-state index in [0.29, 0.717) is 10.0 Å². The minimum absolute atomic E-state index is 0.284. The number of halogens is 3. The molecule has 1 aromatic carbocycles. The molecule has 2 N–H and O–H groups in total. The van der Waals surface area contributed by atoms with Crippen LogP contribution in [0.15, 0.2) is 41.1 Å². The van der Waals surface area contributed by atoms with Crippen LogP contribution in [-0.2, 0) is 0 Å². The Balaban J connectivity index is 2.47. The molecule has 0 bridgehead atoms. The van der Waals surface area contributed by atoms with Crippen molar-refractivity contribution in [3.8, 4) is 0 Å². The normalized spacial score (nSPS) is 12.5. The molecule has 1 unspecified atom stereocenters. The molecule has 1 heterocycles. The van der Waals surface area contributed by atoms with E-state index in [9.17, 15) is 8.78 Å². The fourth-order valence-electron chi connectivity index (χ4n) is 1.56. The van der Waals surface area contributed by atoms with Gasteiger partial charge >= 0.3 is 0 Å². The fraction of sp³-hybridized carbons (Fsp3) is 0.0833. The van der Waals surface area contributed by atoms with Gasteiger partial charge in [0.2, 0.25) is 0 Å². The lowest BCUT2D eigenvalue weighted by Crippen LogP contribution is -2.14. The van der Waals surface area contributed by atoms with Gasteiger partial charge in [-0.1, -0.05) is 15.9 Å². The molecule has 17 heavy (non-hydrogen) atoms. The van der Waals surface area contributed by atoms with Gasteiger partial charge in [0.1, 0.15) is 11.6 Å². The topological polar surface area (TPSA) is 38.9 Å². The van der Waals surface area contributed by atoms with Crippen molar-refractivity contribution >= 4 is 15.9 Å². The number of pyridine rings is 1. The number of aromatic nitrogens is 1. The van der Waals surface area contributed by atoms with Gasteiger partial charge in [-0.3, -0.25) is 4.98 Å². The van der Waals surface area contributed by atoms with E-state index in [2.05, 4.69) is 20.9 Å². The van der Waals surface area contributed by atoms with Gasteiger partial charge in [-0.2, -0.15) is 0 Å². The molecule has 1 aromatic heterocycles. The summed E-state index contributed by atoms with van der Waals surface area (Å²) in [5, 5.41) is 0. The molecule has 88 valence electrons. The highest BCUT2D eigenvalue weighted by molar-refractivity contribution is 9.10. The highest BCUT2D eigenvalue weighted by Gasteiger charge is 2.16. The van der Waals surface area contributed by atoms with E-state index in [1.165, 1.54) is 24.4 Å². The Labute approximate surface area is 106 Å². The van der Waals surface area contributed by atoms with Gasteiger partial charge in [0.15, 0.2) is 0 Å². The highest BCUT2D eigenvalue weighted by Crippen LogP contribution is 2.28. The average Bonchev–Trinajstić information content (AvgIpc) is 2.32. The van der Waals surface area contributed by atoms with E-state index < -0.39 is 17.7 Å². The molecule has 0 aliphatic rings. The molecule has 0 spiro atoms. The number of hydrogen-bond acceptors (Lipinski definition) is 2. The summed E-state index contributed by atoms with van der Waals surface area (Å²) in [6.45, 7) is 0. The quantitative estimate of drug-likeness (QED) is 0.925. The molecule has 5 heteroatoms. The van der Waals surface area contributed by atoms with Crippen LogP contribution >= 0.6 is 15.9 Å². The second kappa shape index (κ2) is 4.89. The van der Waals surface area contributed by atoms with Gasteiger partial charge in [-0.25, -0.2) is 8.78 Å². The Morgan fingerprint density at radius 2 is 1.94 bits per heavy atom. The Kier molecular flexibility index (Phi) is 3.49. The van der Waals surface area contributed by atoms with Gasteiger partial charge < -0.3 is 5.73 Å². The maximum absolute atomic E-state index is 13.5. The summed E-state index contributed by atoms with van der Waals surface area (Å²) in [6, 6.07) is 4.89. The summed E-state index contributed by atoms with van der Waals surface area (Å²) >= 11 is 3.27. The summed E-state index contributed by atoms with van der Waals surface area (Å²) in [7, 11) is 0. The third kappa shape index (κ3) is 2.50. The van der Waals surface area contributed by atoms with E-state index >= 15 is 0 Å². The van der Waals surface area contributed by atoms with Crippen LogP contribution in [0.2, 0.25) is 0 Å². The first-order chi connectivity index (χ1) is 8.09. The van der Waals surface area contributed by atoms with E-state index in [0.717, 1.165) is 6.20 Å². The number of nitrogens with two attached hydrogens (primary N) is 1. The van der Waals surface area contributed by atoms with Crippen molar-refractivity contribution in [2.45, 2.75) is 6.04 Å². The van der Waals surface area contributed by atoms with Crippen molar-refractivity contribution in [2.75, 3.05) is 0 Å². The Hall–Kier alpha value is -1.33. The van der Waals surface area contributed by atoms with Crippen LogP contribution in [0.4, 0.5) is 8.78 Å². The van der Waals surface area contributed by atoms with Crippen molar-refractivity contribution in [3.63, 3.8) is 0 Å². The van der Waals surface area contributed by atoms with Gasteiger partial charge in [0.05, 0.1) is 12.2 Å². The minimum Gasteiger partial charge on any atom is -0.320 e. The number of benzene rings is 1. The summed E-state index contributed by atoms with van der Waals surface area (Å²) in [5.41, 5.74) is 6.70. The van der Waals surface area contributed by atoms with Crippen LogP contribution in [0.25, 0.3) is 0 Å². The molecule has 0 radical (unpaired) electrons. The molecule has 0 amide bonds. The fourth-order valence-corrected chi connectivity index (χ4v) is 2.05. The van der Waals surface area contributed by atoms with Crippen molar-refractivity contribution in [2.24, 2.45) is 5.73 Å². The smallest absolute Gasteiger partial charge is 0.146 e. The molecule has 2 aromatic rings. The molecular weight excluding hydrogens is 290 g/mol. The Bertz CT molecular complexity index is 546. The standard InChI is InChI=1S/C12H9BrF2N2/c13-10-2-1-7(14)5-9(10)12(16)8-3-4-17-6-11(8)15/h1-6,12H,16H2. The van der Waals surface area contributed by atoms with Crippen LogP contribution in [0.1, 0.15) is 17.2 Å². The second-order valence-electron chi connectivity index (χ2n) is 3.54. The Morgan fingerprint density at radius 1 is 1.18 bits per heavy atom. The highest BCUT2D eigenvalue weighted by atomic mass is 79.9. The third-order valence-corrected chi connectivity index (χ3v) is 3.15. The van der Waals surface area contributed by atoms with Gasteiger partial charge in [0.25, 0.3) is 0 Å². The van der Waals surface area contributed by atoms with Gasteiger partial charge in [-0.05, 0) is 29.8 Å². The van der Waals surface area contributed by atoms with Gasteiger partial charge in [0, 0.05) is 16.2 Å². The molecule has 0 saturated carbocycles. The third-order valence-electron chi connectivity index (χ3n) is 2.43. The van der Waals surface area contributed by atoms with Crippen molar-refractivity contribution < 1.29 is 8.78 Å². The van der Waals surface area contributed by atoms with Crippen molar-refractivity contribution in [1.29, 1.82) is 0 Å². The summed E-state index contributed by atoms with van der Waals surface area (Å²) < 4.78 is 27.3. The molecule has 2 nitrogen and oxygen atoms in total. The first-order valence-electron chi connectivity index (χ1n) is 4.89. The molecule has 2 rings (SSSR count). The van der Waals surface area contributed by atoms with Crippen LogP contribution in [0.5, 0.6) is 0 Å². The van der Waals surface area contributed by atoms with E-state index in [4.69, 9.17) is 5.73 Å². The van der Waals surface area contributed by atoms with Crippen molar-refractivity contribution in [3.05, 3.63) is 63.9 Å².